The number of hydrogen-bond acceptors (Lipinski definition) is 8. The summed E-state index contributed by atoms with van der Waals surface area (Å²) in [5.41, 5.74) is 10.5. The fourth-order valence-electron chi connectivity index (χ4n) is 3.44. The van der Waals surface area contributed by atoms with Crippen molar-refractivity contribution in [2.45, 2.75) is 17.9 Å². The molecule has 28 heavy (non-hydrogen) atoms. The lowest BCUT2D eigenvalue weighted by Gasteiger charge is -2.22. The lowest BCUT2D eigenvalue weighted by molar-refractivity contribution is 0.724. The maximum absolute atomic E-state index is 7.43. The SMILES string of the molecule is N=C/C(=C\N)c1ccc(Nc2nc(N3CCCNCC3)nc3c2CSC3)cc1. The summed E-state index contributed by atoms with van der Waals surface area (Å²) in [5.74, 6) is 3.60. The summed E-state index contributed by atoms with van der Waals surface area (Å²) in [6.07, 6.45) is 3.81. The quantitative estimate of drug-likeness (QED) is 0.577. The number of aromatic nitrogens is 2. The molecule has 3 heterocycles. The van der Waals surface area contributed by atoms with Gasteiger partial charge in [-0.1, -0.05) is 12.1 Å². The Balaban J connectivity index is 1.61. The van der Waals surface area contributed by atoms with Crippen molar-refractivity contribution >= 4 is 41.0 Å². The number of hydrogen-bond donors (Lipinski definition) is 4. The molecule has 7 nitrogen and oxygen atoms in total. The van der Waals surface area contributed by atoms with E-state index in [4.69, 9.17) is 21.1 Å². The minimum absolute atomic E-state index is 0.697. The minimum Gasteiger partial charge on any atom is -0.404 e. The zero-order chi connectivity index (χ0) is 19.3. The molecule has 0 bridgehead atoms. The first-order valence-corrected chi connectivity index (χ1v) is 10.7. The fourth-order valence-corrected chi connectivity index (χ4v) is 4.48. The topological polar surface area (TPSA) is 103 Å². The lowest BCUT2D eigenvalue weighted by atomic mass is 10.1. The first kappa shape index (κ1) is 18.8. The summed E-state index contributed by atoms with van der Waals surface area (Å²) < 4.78 is 0. The van der Waals surface area contributed by atoms with Gasteiger partial charge in [0.25, 0.3) is 0 Å². The van der Waals surface area contributed by atoms with Crippen molar-refractivity contribution in [1.82, 2.24) is 15.3 Å². The molecule has 2 aliphatic heterocycles. The molecular weight excluding hydrogens is 370 g/mol. The predicted molar refractivity (Wildman–Crippen MR) is 117 cm³/mol. The Morgan fingerprint density at radius 2 is 2.04 bits per heavy atom. The number of allylic oxidation sites excluding steroid dienone is 1. The van der Waals surface area contributed by atoms with Gasteiger partial charge in [-0.2, -0.15) is 16.7 Å². The highest BCUT2D eigenvalue weighted by atomic mass is 32.2. The molecule has 5 N–H and O–H groups in total. The number of rotatable bonds is 5. The number of benzene rings is 1. The van der Waals surface area contributed by atoms with Crippen molar-refractivity contribution in [3.8, 4) is 0 Å². The molecule has 1 aromatic carbocycles. The number of nitrogens with one attached hydrogen (secondary N) is 3. The van der Waals surface area contributed by atoms with Crippen molar-refractivity contribution in [3.05, 3.63) is 47.3 Å². The van der Waals surface area contributed by atoms with Crippen LogP contribution in [0.15, 0.2) is 30.5 Å². The van der Waals surface area contributed by atoms with Crippen molar-refractivity contribution in [2.75, 3.05) is 36.4 Å². The van der Waals surface area contributed by atoms with E-state index in [9.17, 15) is 0 Å². The largest absolute Gasteiger partial charge is 0.404 e. The molecule has 146 valence electrons. The van der Waals surface area contributed by atoms with Crippen molar-refractivity contribution < 1.29 is 0 Å². The number of nitrogens with two attached hydrogens (primary N) is 1. The third-order valence-electron chi connectivity index (χ3n) is 5.01. The average Bonchev–Trinajstić information content (AvgIpc) is 3.03. The Labute approximate surface area is 169 Å². The molecule has 0 spiro atoms. The van der Waals surface area contributed by atoms with Crippen LogP contribution in [-0.4, -0.2) is 42.4 Å². The van der Waals surface area contributed by atoms with Crippen LogP contribution in [0.5, 0.6) is 0 Å². The smallest absolute Gasteiger partial charge is 0.227 e. The molecule has 1 aromatic heterocycles. The van der Waals surface area contributed by atoms with Crippen LogP contribution >= 0.6 is 11.8 Å². The summed E-state index contributed by atoms with van der Waals surface area (Å²) in [5, 5.41) is 14.4. The second-order valence-electron chi connectivity index (χ2n) is 6.85. The summed E-state index contributed by atoms with van der Waals surface area (Å²) in [4.78, 5) is 12.0. The van der Waals surface area contributed by atoms with E-state index in [-0.39, 0.29) is 0 Å². The maximum Gasteiger partial charge on any atom is 0.227 e. The molecule has 0 unspecified atom stereocenters. The molecule has 0 radical (unpaired) electrons. The number of anilines is 3. The predicted octanol–water partition coefficient (Wildman–Crippen LogP) is 2.72. The Bertz CT molecular complexity index is 871. The van der Waals surface area contributed by atoms with Gasteiger partial charge < -0.3 is 26.7 Å². The number of fused-ring (bicyclic) bond motifs is 1. The Kier molecular flexibility index (Phi) is 5.78. The fraction of sp³-hybridized carbons (Fsp3) is 0.350. The molecule has 0 atom stereocenters. The summed E-state index contributed by atoms with van der Waals surface area (Å²) in [6, 6.07) is 7.91. The first-order valence-electron chi connectivity index (χ1n) is 9.51. The molecule has 4 rings (SSSR count). The average molecular weight is 396 g/mol. The zero-order valence-electron chi connectivity index (χ0n) is 15.7. The number of thioether (sulfide) groups is 1. The summed E-state index contributed by atoms with van der Waals surface area (Å²) >= 11 is 1.88. The van der Waals surface area contributed by atoms with Gasteiger partial charge >= 0.3 is 0 Å². The van der Waals surface area contributed by atoms with Gasteiger partial charge in [0, 0.05) is 60.4 Å². The van der Waals surface area contributed by atoms with Crippen LogP contribution in [0.25, 0.3) is 5.57 Å². The van der Waals surface area contributed by atoms with E-state index in [0.29, 0.717) is 5.57 Å². The van der Waals surface area contributed by atoms with E-state index in [2.05, 4.69) is 15.5 Å². The second kappa shape index (κ2) is 8.62. The van der Waals surface area contributed by atoms with Gasteiger partial charge in [-0.05, 0) is 30.7 Å². The standard InChI is InChI=1S/C20H25N7S/c21-10-15(11-22)14-2-4-16(5-3-14)24-19-17-12-28-13-18(17)25-20(26-19)27-8-1-6-23-7-9-27/h2-5,10-11,21,23H,1,6-9,12-13,22H2,(H,24,25,26)/b15-11+,21-10?. The lowest BCUT2D eigenvalue weighted by Crippen LogP contribution is -2.30. The van der Waals surface area contributed by atoms with Crippen molar-refractivity contribution in [2.24, 2.45) is 5.73 Å². The molecule has 2 aliphatic rings. The maximum atomic E-state index is 7.43. The molecule has 1 saturated heterocycles. The van der Waals surface area contributed by atoms with E-state index in [1.807, 2.05) is 36.0 Å². The third-order valence-corrected chi connectivity index (χ3v) is 5.98. The molecule has 0 saturated carbocycles. The van der Waals surface area contributed by atoms with Crippen LogP contribution in [0.1, 0.15) is 23.2 Å². The Morgan fingerprint density at radius 1 is 1.18 bits per heavy atom. The summed E-state index contributed by atoms with van der Waals surface area (Å²) in [7, 11) is 0. The van der Waals surface area contributed by atoms with Crippen LogP contribution in [0.2, 0.25) is 0 Å². The van der Waals surface area contributed by atoms with Crippen molar-refractivity contribution in [3.63, 3.8) is 0 Å². The highest BCUT2D eigenvalue weighted by molar-refractivity contribution is 7.98. The molecule has 0 amide bonds. The van der Waals surface area contributed by atoms with Gasteiger partial charge in [-0.15, -0.1) is 0 Å². The second-order valence-corrected chi connectivity index (χ2v) is 7.84. The van der Waals surface area contributed by atoms with Crippen LogP contribution in [0.4, 0.5) is 17.5 Å². The highest BCUT2D eigenvalue weighted by Crippen LogP contribution is 2.35. The van der Waals surface area contributed by atoms with Gasteiger partial charge in [0.2, 0.25) is 5.95 Å². The zero-order valence-corrected chi connectivity index (χ0v) is 16.6. The molecule has 1 fully saturated rings. The number of nitrogens with zero attached hydrogens (tertiary/aromatic N) is 3. The van der Waals surface area contributed by atoms with E-state index in [1.165, 1.54) is 18.0 Å². The van der Waals surface area contributed by atoms with Gasteiger partial charge in [-0.3, -0.25) is 0 Å². The van der Waals surface area contributed by atoms with Crippen LogP contribution in [0, 0.1) is 5.41 Å². The van der Waals surface area contributed by atoms with Crippen LogP contribution in [-0.2, 0) is 11.5 Å². The molecular formula is C20H25N7S. The Hall–Kier alpha value is -2.58. The normalized spacial score (nSPS) is 17.1. The molecule has 0 aliphatic carbocycles. The van der Waals surface area contributed by atoms with Crippen molar-refractivity contribution in [1.29, 1.82) is 5.41 Å². The van der Waals surface area contributed by atoms with E-state index in [1.54, 1.807) is 0 Å². The van der Waals surface area contributed by atoms with Gasteiger partial charge in [0.15, 0.2) is 0 Å². The minimum atomic E-state index is 0.697. The van der Waals surface area contributed by atoms with Gasteiger partial charge in [0.05, 0.1) is 5.69 Å². The molecule has 2 aromatic rings. The van der Waals surface area contributed by atoms with E-state index in [0.717, 1.165) is 72.8 Å². The monoisotopic (exact) mass is 395 g/mol. The summed E-state index contributed by atoms with van der Waals surface area (Å²) in [6.45, 7) is 3.91. The van der Waals surface area contributed by atoms with Crippen LogP contribution < -0.4 is 21.3 Å². The van der Waals surface area contributed by atoms with Gasteiger partial charge in [0.1, 0.15) is 5.82 Å². The third kappa shape index (κ3) is 3.98. The first-order chi connectivity index (χ1) is 13.8. The van der Waals surface area contributed by atoms with E-state index < -0.39 is 0 Å². The Morgan fingerprint density at radius 3 is 2.82 bits per heavy atom. The van der Waals surface area contributed by atoms with E-state index >= 15 is 0 Å². The van der Waals surface area contributed by atoms with Crippen LogP contribution in [0.3, 0.4) is 0 Å². The van der Waals surface area contributed by atoms with Gasteiger partial charge in [-0.25, -0.2) is 4.98 Å². The molecule has 8 heteroatoms. The highest BCUT2D eigenvalue weighted by Gasteiger charge is 2.22.